The van der Waals surface area contributed by atoms with Gasteiger partial charge in [-0.15, -0.1) is 0 Å². The lowest BCUT2D eigenvalue weighted by molar-refractivity contribution is -0.129. The number of carbonyl (C=O) groups is 3. The van der Waals surface area contributed by atoms with Crippen molar-refractivity contribution in [2.45, 2.75) is 75.2 Å². The molecule has 4 rings (SSSR count). The Bertz CT molecular complexity index is 1990. The summed E-state index contributed by atoms with van der Waals surface area (Å²) in [5, 5.41) is 8.81. The highest BCUT2D eigenvalue weighted by Gasteiger charge is 2.33. The number of carbonyl (C=O) groups excluding carboxylic acids is 3. The smallest absolute Gasteiger partial charge is 0.242 e. The summed E-state index contributed by atoms with van der Waals surface area (Å²) < 4.78 is 31.4. The van der Waals surface area contributed by atoms with Gasteiger partial charge in [0.25, 0.3) is 0 Å². The van der Waals surface area contributed by atoms with E-state index < -0.39 is 39.2 Å². The zero-order valence-corrected chi connectivity index (χ0v) is 32.1. The van der Waals surface area contributed by atoms with Crippen molar-refractivity contribution < 1.29 is 22.8 Å². The van der Waals surface area contributed by atoms with Gasteiger partial charge in [-0.3, -0.25) is 24.4 Å². The highest BCUT2D eigenvalue weighted by atomic mass is 35.5. The number of aromatic nitrogens is 1. The third kappa shape index (κ3) is 13.4. The van der Waals surface area contributed by atoms with E-state index in [-0.39, 0.29) is 56.6 Å². The van der Waals surface area contributed by atoms with E-state index in [4.69, 9.17) is 23.1 Å². The first-order chi connectivity index (χ1) is 25.8. The zero-order chi connectivity index (χ0) is 39.1. The van der Waals surface area contributed by atoms with Crippen molar-refractivity contribution in [2.75, 3.05) is 13.6 Å². The number of nitrogens with one attached hydrogen (secondary N) is 4. The average molecular weight is 777 g/mol. The number of hydrogen-bond donors (Lipinski definition) is 6. The number of likely N-dealkylation sites (N-methyl/N-ethyl adjacent to an activating group) is 1. The minimum Gasteiger partial charge on any atom is -0.370 e. The van der Waals surface area contributed by atoms with Crippen molar-refractivity contribution in [1.29, 1.82) is 0 Å². The number of para-hydroxylation sites is 1. The summed E-state index contributed by atoms with van der Waals surface area (Å²) in [5.74, 6) is -1.50. The number of halogens is 1. The topological polar surface area (TPSA) is 211 Å². The summed E-state index contributed by atoms with van der Waals surface area (Å²) in [4.78, 5) is 47.7. The molecule has 0 bridgehead atoms. The molecule has 0 aliphatic heterocycles. The summed E-state index contributed by atoms with van der Waals surface area (Å²) in [6, 6.07) is 23.2. The van der Waals surface area contributed by atoms with Crippen LogP contribution in [0, 0.1) is 0 Å². The third-order valence-electron chi connectivity index (χ3n) is 8.92. The van der Waals surface area contributed by atoms with Crippen molar-refractivity contribution >= 4 is 56.2 Å². The molecular formula is C39H49ClN8O5S. The number of amides is 3. The van der Waals surface area contributed by atoms with Gasteiger partial charge in [-0.25, -0.2) is 13.1 Å². The number of nitrogens with two attached hydrogens (primary N) is 2. The first-order valence-corrected chi connectivity index (χ1v) is 19.7. The predicted molar refractivity (Wildman–Crippen MR) is 213 cm³/mol. The Morgan fingerprint density at radius 1 is 0.796 bits per heavy atom. The summed E-state index contributed by atoms with van der Waals surface area (Å²) in [5.41, 5.74) is 14.2. The van der Waals surface area contributed by atoms with E-state index in [1.165, 1.54) is 14.0 Å². The fraction of sp³-hybridized carbons (Fsp3) is 0.359. The number of fused-ring (bicyclic) bond motifs is 1. The second-order valence-electron chi connectivity index (χ2n) is 13.2. The van der Waals surface area contributed by atoms with Crippen LogP contribution in [0.15, 0.2) is 96.1 Å². The van der Waals surface area contributed by atoms with Gasteiger partial charge in [-0.1, -0.05) is 72.3 Å². The molecule has 4 aromatic rings. The molecular weight excluding hydrogens is 728 g/mol. The van der Waals surface area contributed by atoms with Gasteiger partial charge in [0.15, 0.2) is 5.96 Å². The Kier molecular flexibility index (Phi) is 15.8. The van der Waals surface area contributed by atoms with Crippen LogP contribution < -0.4 is 32.1 Å². The van der Waals surface area contributed by atoms with Gasteiger partial charge in [0.05, 0.1) is 10.8 Å². The number of sulfonamides is 1. The molecule has 0 aliphatic rings. The molecule has 0 radical (unpaired) electrons. The van der Waals surface area contributed by atoms with Crippen LogP contribution in [0.1, 0.15) is 49.3 Å². The van der Waals surface area contributed by atoms with Gasteiger partial charge in [-0.05, 0) is 79.5 Å². The maximum absolute atomic E-state index is 14.4. The minimum absolute atomic E-state index is 0.0446. The largest absolute Gasteiger partial charge is 0.370 e. The second-order valence-corrected chi connectivity index (χ2v) is 15.6. The molecule has 288 valence electrons. The molecule has 1 unspecified atom stereocenters. The van der Waals surface area contributed by atoms with E-state index in [9.17, 15) is 22.8 Å². The predicted octanol–water partition coefficient (Wildman–Crippen LogP) is 3.14. The molecule has 0 saturated carbocycles. The van der Waals surface area contributed by atoms with Crippen LogP contribution in [0.4, 0.5) is 0 Å². The first kappa shape index (κ1) is 41.7. The molecule has 3 amide bonds. The van der Waals surface area contributed by atoms with Crippen molar-refractivity contribution in [3.8, 4) is 0 Å². The fourth-order valence-electron chi connectivity index (χ4n) is 6.21. The van der Waals surface area contributed by atoms with E-state index in [1.807, 2.05) is 72.8 Å². The lowest BCUT2D eigenvalue weighted by atomic mass is 9.98. The Hall–Kier alpha value is -5.05. The van der Waals surface area contributed by atoms with E-state index in [0.29, 0.717) is 23.4 Å². The van der Waals surface area contributed by atoms with E-state index in [0.717, 1.165) is 22.0 Å². The van der Waals surface area contributed by atoms with Crippen molar-refractivity contribution in [2.24, 2.45) is 16.5 Å². The summed E-state index contributed by atoms with van der Waals surface area (Å²) in [7, 11) is -2.74. The van der Waals surface area contributed by atoms with Crippen LogP contribution in [-0.4, -0.2) is 74.1 Å². The minimum atomic E-state index is -4.20. The maximum Gasteiger partial charge on any atom is 0.242 e. The monoisotopic (exact) mass is 776 g/mol. The number of rotatable bonds is 20. The molecule has 13 nitrogen and oxygen atoms in total. The van der Waals surface area contributed by atoms with Gasteiger partial charge >= 0.3 is 0 Å². The highest BCUT2D eigenvalue weighted by molar-refractivity contribution is 7.90. The molecule has 1 aromatic heterocycles. The summed E-state index contributed by atoms with van der Waals surface area (Å²) in [6.45, 7) is 1.58. The van der Waals surface area contributed by atoms with Gasteiger partial charge < -0.3 is 27.4 Å². The quantitative estimate of drug-likeness (QED) is 0.0445. The van der Waals surface area contributed by atoms with Gasteiger partial charge in [0.2, 0.25) is 27.7 Å². The Labute approximate surface area is 321 Å². The molecule has 4 atom stereocenters. The fourth-order valence-corrected chi connectivity index (χ4v) is 8.01. The highest BCUT2D eigenvalue weighted by Crippen LogP contribution is 2.20. The van der Waals surface area contributed by atoms with Gasteiger partial charge in [-0.2, -0.15) is 0 Å². The lowest BCUT2D eigenvalue weighted by Crippen LogP contribution is -2.55. The maximum atomic E-state index is 14.4. The third-order valence-corrected chi connectivity index (χ3v) is 11.1. The lowest BCUT2D eigenvalue weighted by Gasteiger charge is -2.26. The Morgan fingerprint density at radius 3 is 2.17 bits per heavy atom. The first-order valence-electron chi connectivity index (χ1n) is 17.8. The van der Waals surface area contributed by atoms with Crippen LogP contribution >= 0.6 is 11.6 Å². The molecule has 15 heteroatoms. The zero-order valence-electron chi connectivity index (χ0n) is 30.5. The van der Waals surface area contributed by atoms with Crippen LogP contribution in [0.2, 0.25) is 5.02 Å². The standard InChI is InChI=1S/C39H49ClN8O5S/c1-26(49)46-32(22-28-14-16-31(40)17-15-28)18-19-33(23-27-9-4-3-5-10-27)54(52,53)48-35(13-8-20-44-39(41)42)38(51)47-36(37(50)43-2)24-29-21-30-11-6-7-12-34(30)45-25-29/h3-7,9-12,14-17,21,25,32-33,35-36,48H,8,13,18-20,22-24H2,1-2H3,(H,43,50)(H,46,49)(H,47,51)(H4,41,42,44)/t32-,33-,35+,36?/m1/s1. The van der Waals surface area contributed by atoms with Crippen LogP contribution in [-0.2, 0) is 43.7 Å². The van der Waals surface area contributed by atoms with Crippen molar-refractivity contribution in [3.63, 3.8) is 0 Å². The molecule has 3 aromatic carbocycles. The van der Waals surface area contributed by atoms with Crippen molar-refractivity contribution in [1.82, 2.24) is 25.7 Å². The number of aliphatic imine (C=N–C) groups is 1. The number of pyridine rings is 1. The number of guanidine groups is 1. The van der Waals surface area contributed by atoms with E-state index in [2.05, 4.69) is 30.6 Å². The SMILES string of the molecule is CNC(=O)C(Cc1cnc2ccccc2c1)NC(=O)[C@H](CCCN=C(N)N)NS(=O)(=O)[C@H](CC[C@H](Cc1ccc(Cl)cc1)NC(C)=O)Cc1ccccc1. The van der Waals surface area contributed by atoms with E-state index in [1.54, 1.807) is 18.3 Å². The summed E-state index contributed by atoms with van der Waals surface area (Å²) >= 11 is 6.07. The molecule has 0 saturated heterocycles. The average Bonchev–Trinajstić information content (AvgIpc) is 3.14. The molecule has 54 heavy (non-hydrogen) atoms. The van der Waals surface area contributed by atoms with Crippen LogP contribution in [0.5, 0.6) is 0 Å². The Morgan fingerprint density at radius 2 is 1.48 bits per heavy atom. The molecule has 0 spiro atoms. The Balaban J connectivity index is 1.59. The second kappa shape index (κ2) is 20.4. The van der Waals surface area contributed by atoms with Crippen LogP contribution in [0.25, 0.3) is 10.9 Å². The summed E-state index contributed by atoms with van der Waals surface area (Å²) in [6.07, 6.45) is 3.20. The van der Waals surface area contributed by atoms with Crippen LogP contribution in [0.3, 0.4) is 0 Å². The van der Waals surface area contributed by atoms with E-state index >= 15 is 0 Å². The normalized spacial score (nSPS) is 13.6. The molecule has 0 fully saturated rings. The number of benzene rings is 3. The molecule has 1 heterocycles. The van der Waals surface area contributed by atoms with Gasteiger partial charge in [0.1, 0.15) is 12.1 Å². The number of hydrogen-bond acceptors (Lipinski definition) is 7. The van der Waals surface area contributed by atoms with Gasteiger partial charge in [0, 0.05) is 49.6 Å². The molecule has 8 N–H and O–H groups in total. The van der Waals surface area contributed by atoms with Crippen molar-refractivity contribution in [3.05, 3.63) is 113 Å². The number of nitrogens with zero attached hydrogens (tertiary/aromatic N) is 2. The molecule has 0 aliphatic carbocycles.